The van der Waals surface area contributed by atoms with Crippen molar-refractivity contribution in [3.63, 3.8) is 0 Å². The van der Waals surface area contributed by atoms with Crippen LogP contribution in [0.25, 0.3) is 10.9 Å². The standard InChI is InChI=1S/C14H13N3O3/c1-20-14(19)8-2-3-9-11(6-8)17-7-10-12(9)15-4-5-16-13(10)18/h2-3,6-7,15H,4-5H2,1H3,(H,16,18). The summed E-state index contributed by atoms with van der Waals surface area (Å²) < 4.78 is 4.69. The summed E-state index contributed by atoms with van der Waals surface area (Å²) >= 11 is 0. The van der Waals surface area contributed by atoms with Crippen LogP contribution in [0.1, 0.15) is 20.7 Å². The van der Waals surface area contributed by atoms with Gasteiger partial charge in [0.25, 0.3) is 5.91 Å². The van der Waals surface area contributed by atoms with Crippen LogP contribution in [0, 0.1) is 0 Å². The highest BCUT2D eigenvalue weighted by molar-refractivity contribution is 6.08. The van der Waals surface area contributed by atoms with Gasteiger partial charge in [-0.3, -0.25) is 9.78 Å². The lowest BCUT2D eigenvalue weighted by Crippen LogP contribution is -2.24. The molecule has 0 unspecified atom stereocenters. The number of pyridine rings is 1. The number of anilines is 1. The van der Waals surface area contributed by atoms with Crippen LogP contribution >= 0.6 is 0 Å². The minimum absolute atomic E-state index is 0.142. The van der Waals surface area contributed by atoms with Gasteiger partial charge in [0.05, 0.1) is 29.4 Å². The normalized spacial score (nSPS) is 13.9. The fourth-order valence-corrected chi connectivity index (χ4v) is 2.26. The van der Waals surface area contributed by atoms with E-state index in [9.17, 15) is 9.59 Å². The molecule has 0 aliphatic carbocycles. The summed E-state index contributed by atoms with van der Waals surface area (Å²) in [4.78, 5) is 27.7. The monoisotopic (exact) mass is 271 g/mol. The highest BCUT2D eigenvalue weighted by Gasteiger charge is 2.18. The number of ether oxygens (including phenoxy) is 1. The molecule has 6 heteroatoms. The van der Waals surface area contributed by atoms with Crippen LogP contribution in [0.15, 0.2) is 24.4 Å². The topological polar surface area (TPSA) is 80.3 Å². The first-order valence-electron chi connectivity index (χ1n) is 6.24. The fourth-order valence-electron chi connectivity index (χ4n) is 2.26. The van der Waals surface area contributed by atoms with Gasteiger partial charge in [0.1, 0.15) is 0 Å². The zero-order valence-corrected chi connectivity index (χ0v) is 10.9. The SMILES string of the molecule is COC(=O)c1ccc2c3c(cnc2c1)C(=O)NCCN3. The number of methoxy groups -OCH3 is 1. The van der Waals surface area contributed by atoms with Gasteiger partial charge >= 0.3 is 5.97 Å². The second-order valence-electron chi connectivity index (χ2n) is 4.45. The number of nitrogens with one attached hydrogen (secondary N) is 2. The first-order chi connectivity index (χ1) is 9.70. The summed E-state index contributed by atoms with van der Waals surface area (Å²) in [5, 5.41) is 6.82. The van der Waals surface area contributed by atoms with Crippen molar-refractivity contribution in [2.45, 2.75) is 0 Å². The maximum absolute atomic E-state index is 11.9. The second-order valence-corrected chi connectivity index (χ2v) is 4.45. The lowest BCUT2D eigenvalue weighted by molar-refractivity contribution is 0.0600. The Morgan fingerprint density at radius 2 is 2.10 bits per heavy atom. The Labute approximate surface area is 115 Å². The van der Waals surface area contributed by atoms with Crippen LogP contribution in [-0.4, -0.2) is 37.1 Å². The molecule has 1 amide bonds. The lowest BCUT2D eigenvalue weighted by atomic mass is 10.1. The first kappa shape index (κ1) is 12.4. The number of amides is 1. The molecule has 0 saturated carbocycles. The minimum Gasteiger partial charge on any atom is -0.465 e. The van der Waals surface area contributed by atoms with Crippen molar-refractivity contribution in [3.05, 3.63) is 35.5 Å². The lowest BCUT2D eigenvalue weighted by Gasteiger charge is -2.10. The van der Waals surface area contributed by atoms with Crippen molar-refractivity contribution >= 4 is 28.5 Å². The number of nitrogens with zero attached hydrogens (tertiary/aromatic N) is 1. The van der Waals surface area contributed by atoms with E-state index in [4.69, 9.17) is 0 Å². The third kappa shape index (κ3) is 1.95. The molecular formula is C14H13N3O3. The van der Waals surface area contributed by atoms with E-state index in [0.29, 0.717) is 29.7 Å². The molecule has 1 aromatic carbocycles. The van der Waals surface area contributed by atoms with E-state index in [1.165, 1.54) is 13.3 Å². The molecule has 2 heterocycles. The van der Waals surface area contributed by atoms with Gasteiger partial charge in [-0.05, 0) is 18.2 Å². The molecule has 0 bridgehead atoms. The van der Waals surface area contributed by atoms with Gasteiger partial charge in [-0.15, -0.1) is 0 Å². The number of carbonyl (C=O) groups excluding carboxylic acids is 2. The molecular weight excluding hydrogens is 258 g/mol. The van der Waals surface area contributed by atoms with Gasteiger partial charge in [-0.2, -0.15) is 0 Å². The van der Waals surface area contributed by atoms with Gasteiger partial charge in [0.2, 0.25) is 0 Å². The van der Waals surface area contributed by atoms with Crippen LogP contribution in [0.4, 0.5) is 5.69 Å². The van der Waals surface area contributed by atoms with E-state index in [1.807, 2.05) is 0 Å². The summed E-state index contributed by atoms with van der Waals surface area (Å²) in [6.45, 7) is 1.21. The highest BCUT2D eigenvalue weighted by atomic mass is 16.5. The maximum Gasteiger partial charge on any atom is 0.337 e. The quantitative estimate of drug-likeness (QED) is 0.761. The van der Waals surface area contributed by atoms with Crippen molar-refractivity contribution in [2.75, 3.05) is 25.5 Å². The smallest absolute Gasteiger partial charge is 0.337 e. The minimum atomic E-state index is -0.408. The van der Waals surface area contributed by atoms with Gasteiger partial charge < -0.3 is 15.4 Å². The molecule has 3 rings (SSSR count). The molecule has 2 aromatic rings. The molecule has 0 atom stereocenters. The first-order valence-corrected chi connectivity index (χ1v) is 6.24. The van der Waals surface area contributed by atoms with Crippen molar-refractivity contribution in [3.8, 4) is 0 Å². The van der Waals surface area contributed by atoms with E-state index in [1.54, 1.807) is 18.2 Å². The molecule has 20 heavy (non-hydrogen) atoms. The molecule has 0 saturated heterocycles. The average molecular weight is 271 g/mol. The molecule has 6 nitrogen and oxygen atoms in total. The Kier molecular flexibility index (Phi) is 2.98. The van der Waals surface area contributed by atoms with Crippen molar-refractivity contribution in [1.82, 2.24) is 10.3 Å². The summed E-state index contributed by atoms with van der Waals surface area (Å²) in [6, 6.07) is 5.10. The number of carbonyl (C=O) groups is 2. The third-order valence-electron chi connectivity index (χ3n) is 3.25. The van der Waals surface area contributed by atoms with Crippen molar-refractivity contribution in [1.29, 1.82) is 0 Å². The largest absolute Gasteiger partial charge is 0.465 e. The Balaban J connectivity index is 2.19. The predicted molar refractivity (Wildman–Crippen MR) is 73.9 cm³/mol. The van der Waals surface area contributed by atoms with Crippen LogP contribution in [0.3, 0.4) is 0 Å². The van der Waals surface area contributed by atoms with Crippen molar-refractivity contribution < 1.29 is 14.3 Å². The van der Waals surface area contributed by atoms with Gasteiger partial charge in [0.15, 0.2) is 0 Å². The van der Waals surface area contributed by atoms with E-state index in [2.05, 4.69) is 20.4 Å². The summed E-state index contributed by atoms with van der Waals surface area (Å²) in [5.74, 6) is -0.550. The summed E-state index contributed by atoms with van der Waals surface area (Å²) in [5.41, 5.74) is 2.35. The molecule has 1 aliphatic rings. The molecule has 102 valence electrons. The number of benzene rings is 1. The van der Waals surface area contributed by atoms with Crippen LogP contribution in [-0.2, 0) is 4.74 Å². The zero-order valence-electron chi connectivity index (χ0n) is 10.9. The Hall–Kier alpha value is -2.63. The third-order valence-corrected chi connectivity index (χ3v) is 3.25. The van der Waals surface area contributed by atoms with Crippen LogP contribution in [0.5, 0.6) is 0 Å². The van der Waals surface area contributed by atoms with E-state index >= 15 is 0 Å². The zero-order chi connectivity index (χ0) is 14.1. The number of esters is 1. The number of aromatic nitrogens is 1. The molecule has 1 aliphatic heterocycles. The second kappa shape index (κ2) is 4.80. The average Bonchev–Trinajstić information content (AvgIpc) is 2.68. The Morgan fingerprint density at radius 3 is 2.90 bits per heavy atom. The molecule has 0 fully saturated rings. The molecule has 0 spiro atoms. The van der Waals surface area contributed by atoms with Gasteiger partial charge in [-0.1, -0.05) is 0 Å². The predicted octanol–water partition coefficient (Wildman–Crippen LogP) is 1.18. The van der Waals surface area contributed by atoms with Crippen LogP contribution < -0.4 is 10.6 Å². The number of fused-ring (bicyclic) bond motifs is 3. The number of hydrogen-bond donors (Lipinski definition) is 2. The van der Waals surface area contributed by atoms with Crippen molar-refractivity contribution in [2.24, 2.45) is 0 Å². The fraction of sp³-hybridized carbons (Fsp3) is 0.214. The van der Waals surface area contributed by atoms with E-state index in [-0.39, 0.29) is 5.91 Å². The Morgan fingerprint density at radius 1 is 1.30 bits per heavy atom. The number of rotatable bonds is 1. The summed E-state index contributed by atoms with van der Waals surface area (Å²) in [6.07, 6.45) is 1.52. The highest BCUT2D eigenvalue weighted by Crippen LogP contribution is 2.27. The van der Waals surface area contributed by atoms with Gasteiger partial charge in [-0.25, -0.2) is 4.79 Å². The van der Waals surface area contributed by atoms with Crippen LogP contribution in [0.2, 0.25) is 0 Å². The van der Waals surface area contributed by atoms with E-state index < -0.39 is 5.97 Å². The van der Waals surface area contributed by atoms with E-state index in [0.717, 1.165) is 11.1 Å². The molecule has 0 radical (unpaired) electrons. The summed E-state index contributed by atoms with van der Waals surface area (Å²) in [7, 11) is 1.34. The molecule has 1 aromatic heterocycles. The molecule has 2 N–H and O–H groups in total. The Bertz CT molecular complexity index is 712. The number of hydrogen-bond acceptors (Lipinski definition) is 5. The maximum atomic E-state index is 11.9. The van der Waals surface area contributed by atoms with Gasteiger partial charge in [0, 0.05) is 24.7 Å².